The van der Waals surface area contributed by atoms with E-state index < -0.39 is 23.3 Å². The standard InChI is InChI=1S/C19H19F2NOS.C9H4F2O2S.C9H16N2.ClH/c20-14-7-12-8-18(24-17(12)10-15(14)21)16(23)9-13-11-1-5-22(6-2-11)19(13)3-4-19;10-6-1-5-2-9(13-4-12)14-8(5)3-7(6)11;10-8-7-1-5-11(6-2-7)9(8)3-4-9;/h7-8,10-11,13H,1-6,9H2;1-4H;7-8H,1-6,10H2;1H/t13-;;8-;/m1.1./s1. The van der Waals surface area contributed by atoms with Crippen LogP contribution < -0.4 is 10.5 Å². The number of carbonyl (C=O) groups is 2. The molecule has 2 aromatic carbocycles. The van der Waals surface area contributed by atoms with Gasteiger partial charge in [-0.3, -0.25) is 19.4 Å². The lowest BCUT2D eigenvalue weighted by molar-refractivity contribution is -0.120. The van der Waals surface area contributed by atoms with Gasteiger partial charge in [0.1, 0.15) is 0 Å². The van der Waals surface area contributed by atoms with Gasteiger partial charge in [-0.15, -0.1) is 23.7 Å². The molecule has 8 aliphatic rings. The molecule has 6 nitrogen and oxygen atoms in total. The predicted octanol–water partition coefficient (Wildman–Crippen LogP) is 8.34. The second-order valence-corrected chi connectivity index (χ2v) is 16.7. The van der Waals surface area contributed by atoms with Crippen molar-refractivity contribution < 1.29 is 31.9 Å². The fourth-order valence-corrected chi connectivity index (χ4v) is 11.2. The Bertz CT molecular complexity index is 1830. The minimum atomic E-state index is -0.909. The number of fused-ring (bicyclic) bond motifs is 6. The molecule has 2 aromatic heterocycles. The predicted molar refractivity (Wildman–Crippen MR) is 190 cm³/mol. The molecule has 4 bridgehead atoms. The number of halogens is 5. The molecule has 0 radical (unpaired) electrons. The topological polar surface area (TPSA) is 75.9 Å². The second-order valence-electron chi connectivity index (χ2n) is 14.6. The van der Waals surface area contributed by atoms with E-state index in [1.165, 1.54) is 107 Å². The van der Waals surface area contributed by atoms with E-state index in [-0.39, 0.29) is 24.7 Å². The summed E-state index contributed by atoms with van der Waals surface area (Å²) in [6.07, 6.45) is 10.9. The molecule has 2 atom stereocenters. The van der Waals surface area contributed by atoms with Crippen LogP contribution in [-0.4, -0.2) is 65.4 Å². The van der Waals surface area contributed by atoms with Crippen molar-refractivity contribution >= 4 is 67.5 Å². The lowest BCUT2D eigenvalue weighted by Gasteiger charge is -2.52. The lowest BCUT2D eigenvalue weighted by atomic mass is 9.70. The number of ketones is 1. The van der Waals surface area contributed by atoms with E-state index in [0.29, 0.717) is 65.5 Å². The monoisotopic (exact) mass is 749 g/mol. The third kappa shape index (κ3) is 6.38. The maximum atomic E-state index is 13.4. The maximum absolute atomic E-state index is 13.4. The van der Waals surface area contributed by atoms with Gasteiger partial charge in [-0.1, -0.05) is 11.3 Å². The average Bonchev–Trinajstić information content (AvgIpc) is 3.99. The molecule has 8 heterocycles. The van der Waals surface area contributed by atoms with Gasteiger partial charge in [0, 0.05) is 39.0 Å². The Labute approximate surface area is 302 Å². The second kappa shape index (κ2) is 13.7. The van der Waals surface area contributed by atoms with Crippen molar-refractivity contribution in [1.82, 2.24) is 9.80 Å². The Balaban J connectivity index is 0.000000128. The van der Waals surface area contributed by atoms with Crippen LogP contribution in [0.4, 0.5) is 17.6 Å². The molecule has 2 spiro atoms. The SMILES string of the molecule is Cl.N[C@@H]1C2CCN(CC2)C12CC2.O=C(C[C@@H]1C2CCN(CC2)C12CC2)c1cc2cc(F)c(F)cc2s1.O=COc1cc2cc(F)c(F)cc2s1. The Kier molecular flexibility index (Phi) is 9.83. The quantitative estimate of drug-likeness (QED) is 0.126. The minimum absolute atomic E-state index is 0. The van der Waals surface area contributed by atoms with Crippen molar-refractivity contribution in [1.29, 1.82) is 0 Å². The van der Waals surface area contributed by atoms with Crippen molar-refractivity contribution in [2.75, 3.05) is 26.2 Å². The van der Waals surface area contributed by atoms with Gasteiger partial charge in [0.15, 0.2) is 34.1 Å². The van der Waals surface area contributed by atoms with Gasteiger partial charge in [-0.25, -0.2) is 17.6 Å². The summed E-state index contributed by atoms with van der Waals surface area (Å²) in [4.78, 5) is 28.8. The van der Waals surface area contributed by atoms with Crippen molar-refractivity contribution in [2.45, 2.75) is 74.9 Å². The summed E-state index contributed by atoms with van der Waals surface area (Å²) in [5, 5.41) is 1.46. The van der Waals surface area contributed by atoms with Crippen molar-refractivity contribution in [3.05, 3.63) is 64.5 Å². The Morgan fingerprint density at radius 3 is 1.78 bits per heavy atom. The van der Waals surface area contributed by atoms with Crippen molar-refractivity contribution in [3.8, 4) is 5.06 Å². The summed E-state index contributed by atoms with van der Waals surface area (Å²) in [7, 11) is 0. The number of nitrogens with zero attached hydrogens (tertiary/aromatic N) is 2. The van der Waals surface area contributed by atoms with E-state index >= 15 is 0 Å². The molecule has 8 fully saturated rings. The zero-order valence-corrected chi connectivity index (χ0v) is 29.9. The Hall–Kier alpha value is -2.61. The first-order chi connectivity index (χ1) is 23.6. The molecule has 12 rings (SSSR count). The molecule has 0 unspecified atom stereocenters. The van der Waals surface area contributed by atoms with E-state index in [1.807, 2.05) is 0 Å². The fraction of sp³-hybridized carbons (Fsp3) is 0.514. The van der Waals surface area contributed by atoms with Crippen LogP contribution in [0.3, 0.4) is 0 Å². The Morgan fingerprint density at radius 2 is 1.26 bits per heavy atom. The zero-order chi connectivity index (χ0) is 34.1. The van der Waals surface area contributed by atoms with Gasteiger partial charge < -0.3 is 10.5 Å². The average molecular weight is 750 g/mol. The summed E-state index contributed by atoms with van der Waals surface area (Å²) < 4.78 is 58.0. The number of ether oxygens (including phenoxy) is 1. The van der Waals surface area contributed by atoms with Gasteiger partial charge in [0.25, 0.3) is 6.47 Å². The molecule has 2 N–H and O–H groups in total. The largest absolute Gasteiger partial charge is 0.418 e. The molecule has 6 aliphatic heterocycles. The van der Waals surface area contributed by atoms with Gasteiger partial charge in [0.05, 0.1) is 4.88 Å². The zero-order valence-electron chi connectivity index (χ0n) is 27.5. The van der Waals surface area contributed by atoms with Gasteiger partial charge >= 0.3 is 0 Å². The minimum Gasteiger partial charge on any atom is -0.418 e. The third-order valence-corrected chi connectivity index (χ3v) is 14.3. The van der Waals surface area contributed by atoms with Crippen molar-refractivity contribution in [3.63, 3.8) is 0 Å². The first-order valence-electron chi connectivity index (χ1n) is 17.3. The number of thiophene rings is 2. The van der Waals surface area contributed by atoms with Gasteiger partial charge in [-0.2, -0.15) is 0 Å². The highest BCUT2D eigenvalue weighted by molar-refractivity contribution is 7.21. The molecule has 0 amide bonds. The molecule has 50 heavy (non-hydrogen) atoms. The first-order valence-corrected chi connectivity index (χ1v) is 18.9. The number of Topliss-reactive ketones (excluding diaryl/α,β-unsaturated/α-hetero) is 1. The van der Waals surface area contributed by atoms with E-state index in [1.54, 1.807) is 6.07 Å². The number of nitrogens with two attached hydrogens (primary N) is 1. The van der Waals surface area contributed by atoms with Crippen LogP contribution in [0.25, 0.3) is 20.2 Å². The highest BCUT2D eigenvalue weighted by atomic mass is 35.5. The number of rotatable bonds is 5. The number of piperidine rings is 6. The number of carbonyl (C=O) groups excluding carboxylic acids is 2. The molecule has 2 saturated carbocycles. The van der Waals surface area contributed by atoms with Crippen LogP contribution in [0.2, 0.25) is 0 Å². The Morgan fingerprint density at radius 1 is 0.760 bits per heavy atom. The highest BCUT2D eigenvalue weighted by Gasteiger charge is 2.60. The summed E-state index contributed by atoms with van der Waals surface area (Å²) in [5.41, 5.74) is 7.03. The van der Waals surface area contributed by atoms with Crippen molar-refractivity contribution in [2.24, 2.45) is 23.5 Å². The molecule has 2 aliphatic carbocycles. The fourth-order valence-electron chi connectivity index (χ4n) is 9.31. The third-order valence-electron chi connectivity index (χ3n) is 12.2. The summed E-state index contributed by atoms with van der Waals surface area (Å²) in [6, 6.07) is 8.26. The maximum Gasteiger partial charge on any atom is 0.299 e. The first kappa shape index (κ1) is 35.8. The summed E-state index contributed by atoms with van der Waals surface area (Å²) in [6.45, 7) is 5.32. The molecule has 6 saturated heterocycles. The number of benzene rings is 2. The van der Waals surface area contributed by atoms with E-state index in [2.05, 4.69) is 14.5 Å². The molecular weight excluding hydrogens is 710 g/mol. The van der Waals surface area contributed by atoms with Crippen LogP contribution >= 0.6 is 35.1 Å². The normalized spacial score (nSPS) is 28.7. The number of hydrogen-bond acceptors (Lipinski definition) is 8. The molecular formula is C37H40ClF4N3O3S2. The van der Waals surface area contributed by atoms with Gasteiger partial charge in [-0.05, 0) is 136 Å². The van der Waals surface area contributed by atoms with Crippen LogP contribution in [0.1, 0.15) is 67.5 Å². The highest BCUT2D eigenvalue weighted by Crippen LogP contribution is 2.59. The molecule has 13 heteroatoms. The van der Waals surface area contributed by atoms with Crippen LogP contribution in [0, 0.1) is 41.0 Å². The van der Waals surface area contributed by atoms with Gasteiger partial charge in [0.2, 0.25) is 0 Å². The number of hydrogen-bond donors (Lipinski definition) is 1. The van der Waals surface area contributed by atoms with Crippen LogP contribution in [0.15, 0.2) is 36.4 Å². The smallest absolute Gasteiger partial charge is 0.299 e. The lowest BCUT2D eigenvalue weighted by Crippen LogP contribution is -2.63. The summed E-state index contributed by atoms with van der Waals surface area (Å²) >= 11 is 2.37. The molecule has 4 aromatic rings. The van der Waals surface area contributed by atoms with E-state index in [4.69, 9.17) is 5.73 Å². The van der Waals surface area contributed by atoms with Crippen LogP contribution in [-0.2, 0) is 4.79 Å². The summed E-state index contributed by atoms with van der Waals surface area (Å²) in [5.74, 6) is -1.38. The van der Waals surface area contributed by atoms with E-state index in [9.17, 15) is 27.2 Å². The molecule has 268 valence electrons. The van der Waals surface area contributed by atoms with E-state index in [0.717, 1.165) is 29.4 Å². The van der Waals surface area contributed by atoms with Crippen LogP contribution in [0.5, 0.6) is 5.06 Å².